The van der Waals surface area contributed by atoms with Crippen molar-refractivity contribution < 1.29 is 4.74 Å². The average Bonchev–Trinajstić information content (AvgIpc) is 2.35. The van der Waals surface area contributed by atoms with Crippen molar-refractivity contribution >= 4 is 17.8 Å². The predicted octanol–water partition coefficient (Wildman–Crippen LogP) is 0.227. The van der Waals surface area contributed by atoms with Crippen LogP contribution in [0.5, 0.6) is 0 Å². The summed E-state index contributed by atoms with van der Waals surface area (Å²) in [6.07, 6.45) is 0.118. The van der Waals surface area contributed by atoms with Gasteiger partial charge in [0.2, 0.25) is 17.8 Å². The van der Waals surface area contributed by atoms with Crippen molar-refractivity contribution in [3.8, 4) is 0 Å². The number of hydrogen-bond donors (Lipinski definition) is 2. The van der Waals surface area contributed by atoms with Gasteiger partial charge in [-0.05, 0) is 20.8 Å². The summed E-state index contributed by atoms with van der Waals surface area (Å²) in [4.78, 5) is 17.0. The van der Waals surface area contributed by atoms with Crippen LogP contribution in [0.2, 0.25) is 0 Å². The molecule has 1 aromatic rings. The molecule has 1 unspecified atom stereocenters. The van der Waals surface area contributed by atoms with Gasteiger partial charge in [-0.25, -0.2) is 5.84 Å². The first kappa shape index (κ1) is 14.7. The Hall–Kier alpha value is -1.67. The van der Waals surface area contributed by atoms with Crippen LogP contribution in [0.15, 0.2) is 0 Å². The van der Waals surface area contributed by atoms with Crippen molar-refractivity contribution in [1.82, 2.24) is 15.0 Å². The van der Waals surface area contributed by atoms with Gasteiger partial charge in [-0.1, -0.05) is 0 Å². The van der Waals surface area contributed by atoms with Crippen LogP contribution >= 0.6 is 0 Å². The molecule has 1 saturated heterocycles. The maximum atomic E-state index is 5.90. The zero-order chi connectivity index (χ0) is 14.9. The van der Waals surface area contributed by atoms with Gasteiger partial charge in [-0.2, -0.15) is 15.0 Å². The number of morpholine rings is 1. The number of nitrogen functional groups attached to an aromatic ring is 1. The molecule has 1 aliphatic heterocycles. The minimum absolute atomic E-state index is 0.118. The van der Waals surface area contributed by atoms with E-state index in [2.05, 4.69) is 39.1 Å². The first-order chi connectivity index (χ1) is 9.30. The Morgan fingerprint density at radius 3 is 2.60 bits per heavy atom. The molecule has 1 atom stereocenters. The monoisotopic (exact) mass is 281 g/mol. The molecule has 2 rings (SSSR count). The summed E-state index contributed by atoms with van der Waals surface area (Å²) in [7, 11) is 3.76. The average molecular weight is 281 g/mol. The lowest BCUT2D eigenvalue weighted by Crippen LogP contribution is -2.52. The molecule has 1 aliphatic rings. The van der Waals surface area contributed by atoms with Crippen molar-refractivity contribution in [1.29, 1.82) is 0 Å². The van der Waals surface area contributed by atoms with E-state index in [1.54, 1.807) is 0 Å². The van der Waals surface area contributed by atoms with Gasteiger partial charge in [0.05, 0.1) is 11.7 Å². The Morgan fingerprint density at radius 1 is 1.35 bits per heavy atom. The maximum Gasteiger partial charge on any atom is 0.243 e. The van der Waals surface area contributed by atoms with Crippen molar-refractivity contribution in [2.24, 2.45) is 5.84 Å². The molecular formula is C12H23N7O. The van der Waals surface area contributed by atoms with Crippen LogP contribution in [0, 0.1) is 0 Å². The highest BCUT2D eigenvalue weighted by molar-refractivity contribution is 5.44. The quantitative estimate of drug-likeness (QED) is 0.601. The highest BCUT2D eigenvalue weighted by Gasteiger charge is 2.33. The zero-order valence-corrected chi connectivity index (χ0v) is 12.7. The molecule has 8 nitrogen and oxygen atoms in total. The van der Waals surface area contributed by atoms with Crippen LogP contribution in [0.1, 0.15) is 20.8 Å². The highest BCUT2D eigenvalue weighted by atomic mass is 16.5. The first-order valence-electron chi connectivity index (χ1n) is 6.63. The second-order valence-electron chi connectivity index (χ2n) is 5.87. The molecule has 0 radical (unpaired) electrons. The standard InChI is InChI=1S/C12H23N7O/c1-8-6-19(7-12(2,3)20-8)11-15-9(17-13)14-10(16-11)18(4)5/h8H,6-7,13H2,1-5H3,(H,14,15,16,17). The lowest BCUT2D eigenvalue weighted by molar-refractivity contribution is -0.0753. The number of nitrogens with two attached hydrogens (primary N) is 1. The van der Waals surface area contributed by atoms with Crippen molar-refractivity contribution in [2.45, 2.75) is 32.5 Å². The van der Waals surface area contributed by atoms with Gasteiger partial charge in [0.1, 0.15) is 0 Å². The summed E-state index contributed by atoms with van der Waals surface area (Å²) in [5.41, 5.74) is 2.25. The third-order valence-electron chi connectivity index (χ3n) is 2.99. The summed E-state index contributed by atoms with van der Waals surface area (Å²) in [5.74, 6) is 6.97. The molecule has 0 aliphatic carbocycles. The van der Waals surface area contributed by atoms with Crippen molar-refractivity contribution in [3.05, 3.63) is 0 Å². The largest absolute Gasteiger partial charge is 0.369 e. The number of hydrogen-bond acceptors (Lipinski definition) is 8. The van der Waals surface area contributed by atoms with Crippen LogP contribution in [-0.2, 0) is 4.74 Å². The van der Waals surface area contributed by atoms with E-state index in [1.165, 1.54) is 0 Å². The summed E-state index contributed by atoms with van der Waals surface area (Å²) in [5, 5.41) is 0. The molecule has 112 valence electrons. The second-order valence-corrected chi connectivity index (χ2v) is 5.87. The molecule has 0 saturated carbocycles. The van der Waals surface area contributed by atoms with E-state index >= 15 is 0 Å². The Labute approximate surface area is 119 Å². The fraction of sp³-hybridized carbons (Fsp3) is 0.750. The third kappa shape index (κ3) is 3.26. The van der Waals surface area contributed by atoms with E-state index in [-0.39, 0.29) is 11.7 Å². The fourth-order valence-electron chi connectivity index (χ4n) is 2.37. The van der Waals surface area contributed by atoms with E-state index in [0.717, 1.165) is 13.1 Å². The molecule has 3 N–H and O–H groups in total. The smallest absolute Gasteiger partial charge is 0.243 e. The minimum Gasteiger partial charge on any atom is -0.369 e. The number of nitrogens with one attached hydrogen (secondary N) is 1. The zero-order valence-electron chi connectivity index (χ0n) is 12.7. The summed E-state index contributed by atoms with van der Waals surface area (Å²) < 4.78 is 5.90. The lowest BCUT2D eigenvalue weighted by atomic mass is 10.1. The minimum atomic E-state index is -0.237. The molecule has 8 heteroatoms. The Kier molecular flexibility index (Phi) is 3.96. The van der Waals surface area contributed by atoms with Gasteiger partial charge in [0.15, 0.2) is 0 Å². The number of hydrazine groups is 1. The van der Waals surface area contributed by atoms with Gasteiger partial charge in [-0.3, -0.25) is 5.43 Å². The van der Waals surface area contributed by atoms with Gasteiger partial charge in [0.25, 0.3) is 0 Å². The number of aromatic nitrogens is 3. The van der Waals surface area contributed by atoms with Crippen molar-refractivity contribution in [3.63, 3.8) is 0 Å². The van der Waals surface area contributed by atoms with Crippen LogP contribution in [0.3, 0.4) is 0 Å². The Morgan fingerprint density at radius 2 is 2.05 bits per heavy atom. The van der Waals surface area contributed by atoms with Gasteiger partial charge in [0, 0.05) is 27.2 Å². The van der Waals surface area contributed by atoms with Crippen molar-refractivity contribution in [2.75, 3.05) is 42.4 Å². The summed E-state index contributed by atoms with van der Waals surface area (Å²) in [6.45, 7) is 7.63. The number of rotatable bonds is 3. The van der Waals surface area contributed by atoms with E-state index in [9.17, 15) is 0 Å². The molecule has 0 aromatic carbocycles. The molecule has 0 spiro atoms. The van der Waals surface area contributed by atoms with E-state index < -0.39 is 0 Å². The molecule has 0 bridgehead atoms. The maximum absolute atomic E-state index is 5.90. The number of nitrogens with zero attached hydrogens (tertiary/aromatic N) is 5. The van der Waals surface area contributed by atoms with Crippen LogP contribution in [-0.4, -0.2) is 53.8 Å². The molecular weight excluding hydrogens is 258 g/mol. The Bertz CT molecular complexity index is 477. The molecule has 1 fully saturated rings. The molecule has 1 aromatic heterocycles. The summed E-state index contributed by atoms with van der Waals surface area (Å²) >= 11 is 0. The van der Waals surface area contributed by atoms with Crippen LogP contribution in [0.4, 0.5) is 17.8 Å². The van der Waals surface area contributed by atoms with E-state index in [4.69, 9.17) is 10.6 Å². The van der Waals surface area contributed by atoms with Crippen LogP contribution in [0.25, 0.3) is 0 Å². The van der Waals surface area contributed by atoms with Gasteiger partial charge < -0.3 is 14.5 Å². The SMILES string of the molecule is CC1CN(c2nc(NN)nc(N(C)C)n2)CC(C)(C)O1. The molecule has 20 heavy (non-hydrogen) atoms. The number of anilines is 3. The molecule has 0 amide bonds. The van der Waals surface area contributed by atoms with Gasteiger partial charge >= 0.3 is 0 Å². The van der Waals surface area contributed by atoms with E-state index in [0.29, 0.717) is 17.8 Å². The number of ether oxygens (including phenoxy) is 1. The van der Waals surface area contributed by atoms with Gasteiger partial charge in [-0.15, -0.1) is 0 Å². The highest BCUT2D eigenvalue weighted by Crippen LogP contribution is 2.25. The molecule has 2 heterocycles. The second kappa shape index (κ2) is 5.37. The summed E-state index contributed by atoms with van der Waals surface area (Å²) in [6, 6.07) is 0. The predicted molar refractivity (Wildman–Crippen MR) is 78.8 cm³/mol. The topological polar surface area (TPSA) is 92.4 Å². The Balaban J connectivity index is 2.33. The van der Waals surface area contributed by atoms with Crippen LogP contribution < -0.4 is 21.1 Å². The van der Waals surface area contributed by atoms with E-state index in [1.807, 2.05) is 25.9 Å². The normalized spacial score (nSPS) is 21.7. The first-order valence-corrected chi connectivity index (χ1v) is 6.63. The fourth-order valence-corrected chi connectivity index (χ4v) is 2.37. The lowest BCUT2D eigenvalue weighted by Gasteiger charge is -2.41. The third-order valence-corrected chi connectivity index (χ3v) is 2.99.